The first-order valence-electron chi connectivity index (χ1n) is 10.6. The number of nitrogens with zero attached hydrogens (tertiary/aromatic N) is 4. The van der Waals surface area contributed by atoms with Gasteiger partial charge < -0.3 is 10.2 Å². The summed E-state index contributed by atoms with van der Waals surface area (Å²) in [4.78, 5) is 14.3. The van der Waals surface area contributed by atoms with Crippen LogP contribution in [-0.2, 0) is 4.79 Å². The third kappa shape index (κ3) is 4.04. The van der Waals surface area contributed by atoms with Crippen LogP contribution in [0.4, 0.5) is 11.4 Å². The second kappa shape index (κ2) is 8.27. The Hall–Kier alpha value is -3.59. The van der Waals surface area contributed by atoms with Gasteiger partial charge in [0.1, 0.15) is 0 Å². The summed E-state index contributed by atoms with van der Waals surface area (Å²) >= 11 is 0. The van der Waals surface area contributed by atoms with Crippen LogP contribution in [0.25, 0.3) is 11.3 Å². The van der Waals surface area contributed by atoms with E-state index in [0.29, 0.717) is 11.6 Å². The minimum Gasteiger partial charge on any atom is -0.378 e. The lowest BCUT2D eigenvalue weighted by Gasteiger charge is -2.39. The summed E-state index contributed by atoms with van der Waals surface area (Å²) in [6, 6.07) is 18.3. The summed E-state index contributed by atoms with van der Waals surface area (Å²) in [6.45, 7) is 7.91. The molecular weight excluding hydrogens is 386 g/mol. The lowest BCUT2D eigenvalue weighted by Crippen LogP contribution is -2.43. The maximum atomic E-state index is 12.4. The molecule has 2 atom stereocenters. The molecule has 1 amide bonds. The molecule has 6 nitrogen and oxygen atoms in total. The minimum atomic E-state index is 0.0423. The van der Waals surface area contributed by atoms with Crippen LogP contribution in [0, 0.1) is 11.3 Å². The molecule has 2 heterocycles. The molecule has 0 saturated heterocycles. The fourth-order valence-corrected chi connectivity index (χ4v) is 4.26. The van der Waals surface area contributed by atoms with E-state index in [4.69, 9.17) is 10.4 Å². The van der Waals surface area contributed by atoms with Crippen molar-refractivity contribution >= 4 is 17.3 Å². The molecule has 1 aliphatic heterocycles. The van der Waals surface area contributed by atoms with Gasteiger partial charge in [-0.1, -0.05) is 6.07 Å². The summed E-state index contributed by atoms with van der Waals surface area (Å²) in [7, 11) is 0. The van der Waals surface area contributed by atoms with Crippen LogP contribution < -0.4 is 10.2 Å². The first-order valence-corrected chi connectivity index (χ1v) is 10.6. The molecule has 3 aromatic rings. The van der Waals surface area contributed by atoms with Crippen LogP contribution in [0.2, 0.25) is 0 Å². The predicted octanol–water partition coefficient (Wildman–Crippen LogP) is 5.30. The average molecular weight is 414 g/mol. The topological polar surface area (TPSA) is 74.0 Å². The molecular formula is C25H27N5O. The number of amides is 1. The van der Waals surface area contributed by atoms with Crippen molar-refractivity contribution in [3.8, 4) is 17.3 Å². The van der Waals surface area contributed by atoms with Crippen molar-refractivity contribution in [2.24, 2.45) is 0 Å². The van der Waals surface area contributed by atoms with Gasteiger partial charge in [0, 0.05) is 42.1 Å². The van der Waals surface area contributed by atoms with Crippen molar-refractivity contribution in [2.75, 3.05) is 10.2 Å². The molecule has 0 saturated carbocycles. The van der Waals surface area contributed by atoms with Crippen LogP contribution in [0.3, 0.4) is 0 Å². The number of nitrogens with one attached hydrogen (secondary N) is 1. The Morgan fingerprint density at radius 3 is 2.55 bits per heavy atom. The Kier molecular flexibility index (Phi) is 5.51. The molecule has 31 heavy (non-hydrogen) atoms. The van der Waals surface area contributed by atoms with Crippen LogP contribution in [-0.4, -0.2) is 21.7 Å². The quantitative estimate of drug-likeness (QED) is 0.630. The number of benzene rings is 2. The lowest BCUT2D eigenvalue weighted by atomic mass is 9.89. The van der Waals surface area contributed by atoms with Gasteiger partial charge in [0.25, 0.3) is 0 Å². The van der Waals surface area contributed by atoms with E-state index in [2.05, 4.69) is 38.2 Å². The smallest absolute Gasteiger partial charge is 0.224 e. The maximum Gasteiger partial charge on any atom is 0.224 e. The van der Waals surface area contributed by atoms with Crippen LogP contribution in [0.1, 0.15) is 57.3 Å². The molecule has 158 valence electrons. The van der Waals surface area contributed by atoms with Gasteiger partial charge in [-0.05, 0) is 75.2 Å². The van der Waals surface area contributed by atoms with E-state index in [1.165, 1.54) is 0 Å². The van der Waals surface area contributed by atoms with E-state index >= 15 is 0 Å². The van der Waals surface area contributed by atoms with Gasteiger partial charge >= 0.3 is 0 Å². The Morgan fingerprint density at radius 1 is 1.19 bits per heavy atom. The van der Waals surface area contributed by atoms with E-state index in [1.54, 1.807) is 6.92 Å². The largest absolute Gasteiger partial charge is 0.378 e. The summed E-state index contributed by atoms with van der Waals surface area (Å²) < 4.78 is 1.95. The minimum absolute atomic E-state index is 0.0423. The zero-order valence-corrected chi connectivity index (χ0v) is 18.3. The molecule has 6 heteroatoms. The van der Waals surface area contributed by atoms with Crippen molar-refractivity contribution in [3.63, 3.8) is 0 Å². The van der Waals surface area contributed by atoms with Gasteiger partial charge in [-0.15, -0.1) is 0 Å². The fourth-order valence-electron chi connectivity index (χ4n) is 4.26. The monoisotopic (exact) mass is 413 g/mol. The van der Waals surface area contributed by atoms with Crippen molar-refractivity contribution in [1.29, 1.82) is 5.26 Å². The molecule has 2 unspecified atom stereocenters. The Morgan fingerprint density at radius 2 is 1.94 bits per heavy atom. The number of hydrogen-bond donors (Lipinski definition) is 1. The number of fused-ring (bicyclic) bond motifs is 1. The molecule has 1 N–H and O–H groups in total. The second-order valence-electron chi connectivity index (χ2n) is 8.41. The Labute approximate surface area is 183 Å². The number of anilines is 2. The van der Waals surface area contributed by atoms with Crippen LogP contribution in [0.5, 0.6) is 0 Å². The molecule has 0 aliphatic carbocycles. The van der Waals surface area contributed by atoms with Gasteiger partial charge in [0.15, 0.2) is 0 Å². The normalized spacial score (nSPS) is 17.9. The predicted molar refractivity (Wildman–Crippen MR) is 123 cm³/mol. The van der Waals surface area contributed by atoms with Gasteiger partial charge in [-0.2, -0.15) is 10.4 Å². The Bertz CT molecular complexity index is 1140. The molecule has 1 aromatic heterocycles. The van der Waals surface area contributed by atoms with Crippen LogP contribution in [0.15, 0.2) is 54.7 Å². The van der Waals surface area contributed by atoms with Crippen molar-refractivity contribution in [3.05, 3.63) is 65.9 Å². The third-order valence-corrected chi connectivity index (χ3v) is 5.81. The summed E-state index contributed by atoms with van der Waals surface area (Å²) in [5.41, 5.74) is 5.55. The fraction of sp³-hybridized carbons (Fsp3) is 0.320. The third-order valence-electron chi connectivity index (χ3n) is 5.81. The van der Waals surface area contributed by atoms with E-state index in [0.717, 1.165) is 34.6 Å². The van der Waals surface area contributed by atoms with E-state index < -0.39 is 0 Å². The first-order chi connectivity index (χ1) is 14.9. The molecule has 2 aromatic carbocycles. The van der Waals surface area contributed by atoms with Gasteiger partial charge in [0.2, 0.25) is 5.91 Å². The van der Waals surface area contributed by atoms with E-state index in [-0.39, 0.29) is 18.0 Å². The van der Waals surface area contributed by atoms with Crippen molar-refractivity contribution in [2.45, 2.75) is 52.2 Å². The summed E-state index contributed by atoms with van der Waals surface area (Å²) in [6.07, 6.45) is 2.78. The van der Waals surface area contributed by atoms with Gasteiger partial charge in [-0.25, -0.2) is 0 Å². The SMILES string of the molecule is CC(=O)N1c2ccc(-c3ccn(C(C)C)n3)cc2C(Nc2ccc(C#N)cc2)CC1C. The average Bonchev–Trinajstić information content (AvgIpc) is 3.24. The van der Waals surface area contributed by atoms with E-state index in [9.17, 15) is 4.79 Å². The van der Waals surface area contributed by atoms with Crippen LogP contribution >= 0.6 is 0 Å². The zero-order valence-electron chi connectivity index (χ0n) is 18.3. The standard InChI is InChI=1S/C25H27N5O/c1-16(2)29-12-11-23(28-29)20-7-10-25-22(14-20)24(13-17(3)30(25)18(4)31)27-21-8-5-19(15-26)6-9-21/h5-12,14,16-17,24,27H,13H2,1-4H3. The highest BCUT2D eigenvalue weighted by atomic mass is 16.2. The highest BCUT2D eigenvalue weighted by molar-refractivity contribution is 5.94. The van der Waals surface area contributed by atoms with Crippen molar-refractivity contribution in [1.82, 2.24) is 9.78 Å². The number of rotatable bonds is 4. The molecule has 0 radical (unpaired) electrons. The number of hydrogen-bond acceptors (Lipinski definition) is 4. The second-order valence-corrected chi connectivity index (χ2v) is 8.41. The summed E-state index contributed by atoms with van der Waals surface area (Å²) in [5, 5.41) is 17.4. The van der Waals surface area contributed by atoms with E-state index in [1.807, 2.05) is 58.2 Å². The highest BCUT2D eigenvalue weighted by Crippen LogP contribution is 2.41. The number of carbonyl (C=O) groups excluding carboxylic acids is 1. The first kappa shape index (κ1) is 20.7. The highest BCUT2D eigenvalue weighted by Gasteiger charge is 2.32. The van der Waals surface area contributed by atoms with Crippen molar-refractivity contribution < 1.29 is 4.79 Å². The molecule has 0 spiro atoms. The molecule has 1 aliphatic rings. The zero-order chi connectivity index (χ0) is 22.1. The number of nitriles is 1. The summed E-state index contributed by atoms with van der Waals surface area (Å²) in [5.74, 6) is 0.0439. The van der Waals surface area contributed by atoms with Gasteiger partial charge in [0.05, 0.1) is 23.4 Å². The molecule has 0 bridgehead atoms. The lowest BCUT2D eigenvalue weighted by molar-refractivity contribution is -0.117. The van der Waals surface area contributed by atoms with Gasteiger partial charge in [-0.3, -0.25) is 9.48 Å². The Balaban J connectivity index is 1.74. The maximum absolute atomic E-state index is 12.4. The molecule has 4 rings (SSSR count). The number of aromatic nitrogens is 2. The molecule has 0 fully saturated rings. The number of carbonyl (C=O) groups is 1.